The van der Waals surface area contributed by atoms with Crippen LogP contribution in [0.1, 0.15) is 41.9 Å². The molecule has 0 saturated carbocycles. The molecule has 2 rings (SSSR count). The lowest BCUT2D eigenvalue weighted by Crippen LogP contribution is -2.23. The topological polar surface area (TPSA) is 12.0 Å². The van der Waals surface area contributed by atoms with Gasteiger partial charge in [0.15, 0.2) is 0 Å². The normalized spacial score (nSPS) is 14.4. The molecule has 2 atom stereocenters. The van der Waals surface area contributed by atoms with Crippen LogP contribution in [0, 0.1) is 18.6 Å². The molecule has 2 unspecified atom stereocenters. The molecule has 0 aliphatic carbocycles. The van der Waals surface area contributed by atoms with Gasteiger partial charge in [0.05, 0.1) is 0 Å². The smallest absolute Gasteiger partial charge is 0.130 e. The van der Waals surface area contributed by atoms with Gasteiger partial charge in [0.1, 0.15) is 11.6 Å². The minimum absolute atomic E-state index is 0.138. The van der Waals surface area contributed by atoms with Gasteiger partial charge in [-0.2, -0.15) is 0 Å². The second-order valence-electron chi connectivity index (χ2n) is 4.74. The van der Waals surface area contributed by atoms with E-state index in [1.165, 1.54) is 22.6 Å². The van der Waals surface area contributed by atoms with Gasteiger partial charge in [-0.3, -0.25) is 0 Å². The lowest BCUT2D eigenvalue weighted by Gasteiger charge is -2.20. The van der Waals surface area contributed by atoms with E-state index in [0.717, 1.165) is 6.07 Å². The first kappa shape index (κ1) is 14.2. The molecule has 19 heavy (non-hydrogen) atoms. The van der Waals surface area contributed by atoms with Gasteiger partial charge in [0.2, 0.25) is 0 Å². The monoisotopic (exact) mass is 281 g/mol. The van der Waals surface area contributed by atoms with E-state index in [2.05, 4.69) is 25.2 Å². The number of rotatable bonds is 4. The summed E-state index contributed by atoms with van der Waals surface area (Å²) in [7, 11) is 0. The number of hydrogen-bond donors (Lipinski definition) is 1. The highest BCUT2D eigenvalue weighted by atomic mass is 32.1. The molecule has 0 saturated heterocycles. The number of halogens is 2. The first-order valence-electron chi connectivity index (χ1n) is 6.24. The van der Waals surface area contributed by atoms with E-state index in [9.17, 15) is 8.78 Å². The maximum atomic E-state index is 13.7. The van der Waals surface area contributed by atoms with Crippen LogP contribution in [0.15, 0.2) is 29.6 Å². The van der Waals surface area contributed by atoms with E-state index in [1.807, 2.05) is 12.3 Å². The zero-order valence-electron chi connectivity index (χ0n) is 11.2. The van der Waals surface area contributed by atoms with Gasteiger partial charge in [-0.05, 0) is 43.8 Å². The highest BCUT2D eigenvalue weighted by Gasteiger charge is 2.16. The third-order valence-corrected chi connectivity index (χ3v) is 4.43. The van der Waals surface area contributed by atoms with E-state index < -0.39 is 11.6 Å². The summed E-state index contributed by atoms with van der Waals surface area (Å²) in [6.45, 7) is 6.00. The fraction of sp³-hybridized carbons (Fsp3) is 0.333. The molecule has 1 heterocycles. The van der Waals surface area contributed by atoms with Gasteiger partial charge >= 0.3 is 0 Å². The zero-order chi connectivity index (χ0) is 14.0. The molecule has 0 amide bonds. The zero-order valence-corrected chi connectivity index (χ0v) is 12.0. The van der Waals surface area contributed by atoms with Crippen molar-refractivity contribution in [2.75, 3.05) is 0 Å². The third kappa shape index (κ3) is 3.19. The van der Waals surface area contributed by atoms with Gasteiger partial charge < -0.3 is 5.32 Å². The average molecular weight is 281 g/mol. The number of aryl methyl sites for hydroxylation is 1. The van der Waals surface area contributed by atoms with Gasteiger partial charge in [0.25, 0.3) is 0 Å². The van der Waals surface area contributed by atoms with Crippen LogP contribution in [0.4, 0.5) is 8.78 Å². The Morgan fingerprint density at radius 1 is 1.11 bits per heavy atom. The van der Waals surface area contributed by atoms with Crippen LogP contribution in [0.3, 0.4) is 0 Å². The molecule has 0 aliphatic rings. The number of hydrogen-bond acceptors (Lipinski definition) is 2. The molecule has 102 valence electrons. The first-order chi connectivity index (χ1) is 8.99. The summed E-state index contributed by atoms with van der Waals surface area (Å²) in [5.74, 6) is -1.05. The highest BCUT2D eigenvalue weighted by Crippen LogP contribution is 2.27. The molecule has 2 aromatic rings. The highest BCUT2D eigenvalue weighted by molar-refractivity contribution is 7.10. The molecule has 0 spiro atoms. The number of nitrogens with one attached hydrogen (secondary N) is 1. The largest absolute Gasteiger partial charge is 0.303 e. The van der Waals surface area contributed by atoms with Crippen molar-refractivity contribution in [1.82, 2.24) is 5.32 Å². The molecule has 1 aromatic heterocycles. The minimum Gasteiger partial charge on any atom is -0.303 e. The van der Waals surface area contributed by atoms with Crippen molar-refractivity contribution < 1.29 is 8.78 Å². The molecule has 0 fully saturated rings. The molecule has 4 heteroatoms. The fourth-order valence-electron chi connectivity index (χ4n) is 2.22. The summed E-state index contributed by atoms with van der Waals surface area (Å²) in [5.41, 5.74) is 1.72. The Kier molecular flexibility index (Phi) is 4.32. The van der Waals surface area contributed by atoms with Crippen LogP contribution in [0.5, 0.6) is 0 Å². The van der Waals surface area contributed by atoms with E-state index in [-0.39, 0.29) is 12.1 Å². The standard InChI is InChI=1S/C15H17F2NS/c1-9-6-7-19-15(9)11(3)18-10(2)13-5-4-12(16)8-14(13)17/h4-8,10-11,18H,1-3H3. The Morgan fingerprint density at radius 3 is 2.42 bits per heavy atom. The summed E-state index contributed by atoms with van der Waals surface area (Å²) in [4.78, 5) is 1.24. The predicted octanol–water partition coefficient (Wildman–Crippen LogP) is 4.75. The van der Waals surface area contributed by atoms with E-state index in [1.54, 1.807) is 11.3 Å². The summed E-state index contributed by atoms with van der Waals surface area (Å²) >= 11 is 1.69. The van der Waals surface area contributed by atoms with Crippen molar-refractivity contribution in [3.05, 3.63) is 57.3 Å². The van der Waals surface area contributed by atoms with E-state index in [4.69, 9.17) is 0 Å². The summed E-state index contributed by atoms with van der Waals surface area (Å²) in [5, 5.41) is 5.40. The van der Waals surface area contributed by atoms with E-state index >= 15 is 0 Å². The van der Waals surface area contributed by atoms with Crippen LogP contribution in [0.2, 0.25) is 0 Å². The Bertz CT molecular complexity index is 565. The van der Waals surface area contributed by atoms with Crippen LogP contribution in [-0.2, 0) is 0 Å². The predicted molar refractivity (Wildman–Crippen MR) is 75.4 cm³/mol. The van der Waals surface area contributed by atoms with Crippen molar-refractivity contribution >= 4 is 11.3 Å². The molecule has 0 aliphatic heterocycles. The Balaban J connectivity index is 2.13. The van der Waals surface area contributed by atoms with Crippen molar-refractivity contribution in [2.45, 2.75) is 32.9 Å². The average Bonchev–Trinajstić information content (AvgIpc) is 2.75. The number of thiophene rings is 1. The lowest BCUT2D eigenvalue weighted by molar-refractivity contribution is 0.473. The van der Waals surface area contributed by atoms with Crippen molar-refractivity contribution in [2.24, 2.45) is 0 Å². The fourth-order valence-corrected chi connectivity index (χ4v) is 3.17. The van der Waals surface area contributed by atoms with Crippen molar-refractivity contribution in [1.29, 1.82) is 0 Å². The lowest BCUT2D eigenvalue weighted by atomic mass is 10.1. The Hall–Kier alpha value is -1.26. The van der Waals surface area contributed by atoms with Crippen LogP contribution >= 0.6 is 11.3 Å². The third-order valence-electron chi connectivity index (χ3n) is 3.22. The molecule has 0 radical (unpaired) electrons. The summed E-state index contributed by atoms with van der Waals surface area (Å²) in [6, 6.07) is 5.75. The SMILES string of the molecule is Cc1ccsc1C(C)NC(C)c1ccc(F)cc1F. The second-order valence-corrected chi connectivity index (χ2v) is 5.69. The molecule has 1 aromatic carbocycles. The van der Waals surface area contributed by atoms with Crippen LogP contribution in [0.25, 0.3) is 0 Å². The maximum absolute atomic E-state index is 13.7. The molecular formula is C15H17F2NS. The van der Waals surface area contributed by atoms with Crippen molar-refractivity contribution in [3.8, 4) is 0 Å². The first-order valence-corrected chi connectivity index (χ1v) is 7.12. The van der Waals surface area contributed by atoms with Gasteiger partial charge in [0, 0.05) is 28.6 Å². The Labute approximate surface area is 116 Å². The summed E-state index contributed by atoms with van der Waals surface area (Å²) in [6.07, 6.45) is 0. The van der Waals surface area contributed by atoms with Gasteiger partial charge in [-0.25, -0.2) is 8.78 Å². The Morgan fingerprint density at radius 2 is 1.84 bits per heavy atom. The molecule has 0 bridgehead atoms. The maximum Gasteiger partial charge on any atom is 0.130 e. The van der Waals surface area contributed by atoms with Crippen LogP contribution in [-0.4, -0.2) is 0 Å². The van der Waals surface area contributed by atoms with Crippen LogP contribution < -0.4 is 5.32 Å². The molecule has 1 nitrogen and oxygen atoms in total. The number of benzene rings is 1. The van der Waals surface area contributed by atoms with Crippen molar-refractivity contribution in [3.63, 3.8) is 0 Å². The summed E-state index contributed by atoms with van der Waals surface area (Å²) < 4.78 is 26.6. The van der Waals surface area contributed by atoms with E-state index in [0.29, 0.717) is 5.56 Å². The molecular weight excluding hydrogens is 264 g/mol. The second kappa shape index (κ2) is 5.80. The van der Waals surface area contributed by atoms with Gasteiger partial charge in [-0.15, -0.1) is 11.3 Å². The molecule has 1 N–H and O–H groups in total. The minimum atomic E-state index is -0.546. The quantitative estimate of drug-likeness (QED) is 0.853. The van der Waals surface area contributed by atoms with Gasteiger partial charge in [-0.1, -0.05) is 6.07 Å².